The molecule has 1 aliphatic carbocycles. The topological polar surface area (TPSA) is 61.9 Å². The van der Waals surface area contributed by atoms with Crippen LogP contribution in [0, 0.1) is 5.92 Å². The first-order valence-electron chi connectivity index (χ1n) is 9.95. The van der Waals surface area contributed by atoms with Gasteiger partial charge in [-0.15, -0.1) is 0 Å². The Morgan fingerprint density at radius 2 is 2.00 bits per heavy atom. The molecule has 140 valence electrons. The van der Waals surface area contributed by atoms with E-state index in [0.717, 1.165) is 31.8 Å². The zero-order chi connectivity index (χ0) is 17.5. The largest absolute Gasteiger partial charge is 0.371 e. The Kier molecular flexibility index (Phi) is 4.52. The molecule has 2 amide bonds. The third kappa shape index (κ3) is 3.43. The molecule has 3 aliphatic heterocycles. The van der Waals surface area contributed by atoms with Crippen LogP contribution in [0.3, 0.4) is 0 Å². The molecule has 25 heavy (non-hydrogen) atoms. The fraction of sp³-hybridized carbons (Fsp3) is 0.895. The second kappa shape index (κ2) is 6.54. The van der Waals surface area contributed by atoms with Crippen LogP contribution < -0.4 is 5.32 Å². The molecule has 3 heterocycles. The maximum Gasteiger partial charge on any atom is 0.248 e. The summed E-state index contributed by atoms with van der Waals surface area (Å²) in [5, 5.41) is 2.88. The first kappa shape index (κ1) is 17.3. The van der Waals surface area contributed by atoms with Gasteiger partial charge in [-0.1, -0.05) is 6.42 Å². The van der Waals surface area contributed by atoms with Crippen molar-refractivity contribution in [3.05, 3.63) is 0 Å². The van der Waals surface area contributed by atoms with Crippen molar-refractivity contribution in [1.82, 2.24) is 15.1 Å². The highest BCUT2D eigenvalue weighted by Gasteiger charge is 2.47. The first-order valence-corrected chi connectivity index (χ1v) is 9.95. The lowest BCUT2D eigenvalue weighted by atomic mass is 9.83. The second-order valence-electron chi connectivity index (χ2n) is 8.74. The lowest BCUT2D eigenvalue weighted by Crippen LogP contribution is -2.62. The number of morpholine rings is 1. The van der Waals surface area contributed by atoms with Crippen molar-refractivity contribution in [2.24, 2.45) is 5.92 Å². The van der Waals surface area contributed by atoms with E-state index in [0.29, 0.717) is 32.5 Å². The number of carbonyl (C=O) groups is 2. The van der Waals surface area contributed by atoms with Crippen LogP contribution >= 0.6 is 0 Å². The van der Waals surface area contributed by atoms with Gasteiger partial charge in [0.05, 0.1) is 12.2 Å². The Balaban J connectivity index is 1.34. The van der Waals surface area contributed by atoms with Crippen molar-refractivity contribution in [2.45, 2.75) is 63.0 Å². The SMILES string of the molecule is C[C@@]1(C(=O)N2CCOC3(CCN(CC4CCC4)CC3)C2)CCC(=O)N1. The molecule has 1 spiro atoms. The summed E-state index contributed by atoms with van der Waals surface area (Å²) in [6.07, 6.45) is 7.25. The molecule has 0 aromatic heterocycles. The molecule has 1 atom stereocenters. The molecule has 0 unspecified atom stereocenters. The minimum Gasteiger partial charge on any atom is -0.371 e. The number of nitrogens with zero attached hydrogens (tertiary/aromatic N) is 2. The summed E-state index contributed by atoms with van der Waals surface area (Å²) in [5.74, 6) is 0.964. The molecule has 4 fully saturated rings. The van der Waals surface area contributed by atoms with Crippen molar-refractivity contribution >= 4 is 11.8 Å². The van der Waals surface area contributed by atoms with Crippen molar-refractivity contribution in [3.8, 4) is 0 Å². The van der Waals surface area contributed by atoms with Crippen molar-refractivity contribution in [3.63, 3.8) is 0 Å². The average Bonchev–Trinajstić information content (AvgIpc) is 2.92. The van der Waals surface area contributed by atoms with E-state index in [1.54, 1.807) is 0 Å². The summed E-state index contributed by atoms with van der Waals surface area (Å²) in [6.45, 7) is 7.18. The monoisotopic (exact) mass is 349 g/mol. The standard InChI is InChI=1S/C19H31N3O3/c1-18(6-5-16(23)20-18)17(24)22-11-12-25-19(14-22)7-9-21(10-8-19)13-15-3-2-4-15/h15H,2-14H2,1H3,(H,20,23)/t18-/m0/s1. The summed E-state index contributed by atoms with van der Waals surface area (Å²) >= 11 is 0. The number of carbonyl (C=O) groups excluding carboxylic acids is 2. The molecule has 0 bridgehead atoms. The van der Waals surface area contributed by atoms with E-state index in [1.807, 2.05) is 11.8 Å². The number of nitrogens with one attached hydrogen (secondary N) is 1. The first-order chi connectivity index (χ1) is 12.0. The van der Waals surface area contributed by atoms with Gasteiger partial charge in [-0.05, 0) is 44.9 Å². The third-order valence-electron chi connectivity index (χ3n) is 6.78. The van der Waals surface area contributed by atoms with E-state index in [9.17, 15) is 9.59 Å². The predicted octanol–water partition coefficient (Wildman–Crippen LogP) is 1.15. The molecule has 6 heteroatoms. The van der Waals surface area contributed by atoms with Gasteiger partial charge in [0.2, 0.25) is 11.8 Å². The van der Waals surface area contributed by atoms with Gasteiger partial charge in [0, 0.05) is 39.1 Å². The van der Waals surface area contributed by atoms with Crippen LogP contribution in [0.4, 0.5) is 0 Å². The number of rotatable bonds is 3. The van der Waals surface area contributed by atoms with Crippen LogP contribution in [0.2, 0.25) is 0 Å². The normalized spacial score (nSPS) is 33.3. The predicted molar refractivity (Wildman–Crippen MR) is 94.1 cm³/mol. The van der Waals surface area contributed by atoms with Crippen LogP contribution in [0.5, 0.6) is 0 Å². The molecular weight excluding hydrogens is 318 g/mol. The molecule has 4 rings (SSSR count). The van der Waals surface area contributed by atoms with E-state index in [-0.39, 0.29) is 17.4 Å². The molecule has 1 N–H and O–H groups in total. The van der Waals surface area contributed by atoms with E-state index >= 15 is 0 Å². The highest BCUT2D eigenvalue weighted by atomic mass is 16.5. The number of hydrogen-bond acceptors (Lipinski definition) is 4. The van der Waals surface area contributed by atoms with E-state index in [1.165, 1.54) is 25.8 Å². The van der Waals surface area contributed by atoms with Crippen molar-refractivity contribution in [1.29, 1.82) is 0 Å². The molecular formula is C19H31N3O3. The maximum absolute atomic E-state index is 13.0. The second-order valence-corrected chi connectivity index (χ2v) is 8.74. The highest BCUT2D eigenvalue weighted by Crippen LogP contribution is 2.34. The molecule has 0 aromatic rings. The van der Waals surface area contributed by atoms with Crippen molar-refractivity contribution < 1.29 is 14.3 Å². The minimum atomic E-state index is -0.722. The summed E-state index contributed by atoms with van der Waals surface area (Å²) in [4.78, 5) is 29.1. The lowest BCUT2D eigenvalue weighted by Gasteiger charge is -2.49. The summed E-state index contributed by atoms with van der Waals surface area (Å²) < 4.78 is 6.19. The number of amides is 2. The quantitative estimate of drug-likeness (QED) is 0.830. The van der Waals surface area contributed by atoms with Crippen LogP contribution in [0.15, 0.2) is 0 Å². The summed E-state index contributed by atoms with van der Waals surface area (Å²) in [6, 6.07) is 0. The van der Waals surface area contributed by atoms with Gasteiger partial charge in [0.25, 0.3) is 0 Å². The van der Waals surface area contributed by atoms with Crippen LogP contribution in [-0.2, 0) is 14.3 Å². The molecule has 1 saturated carbocycles. The summed E-state index contributed by atoms with van der Waals surface area (Å²) in [7, 11) is 0. The van der Waals surface area contributed by atoms with Crippen LogP contribution in [0.1, 0.15) is 51.9 Å². The minimum absolute atomic E-state index is 0.0110. The number of piperidine rings is 1. The Morgan fingerprint density at radius 3 is 2.60 bits per heavy atom. The number of likely N-dealkylation sites (tertiary alicyclic amines) is 1. The van der Waals surface area contributed by atoms with Gasteiger partial charge in [-0.25, -0.2) is 0 Å². The fourth-order valence-corrected chi connectivity index (χ4v) is 4.81. The Bertz CT molecular complexity index is 540. The molecule has 4 aliphatic rings. The van der Waals surface area contributed by atoms with Crippen molar-refractivity contribution in [2.75, 3.05) is 39.3 Å². The zero-order valence-electron chi connectivity index (χ0n) is 15.4. The highest BCUT2D eigenvalue weighted by molar-refractivity contribution is 5.94. The van der Waals surface area contributed by atoms with Gasteiger partial charge in [-0.2, -0.15) is 0 Å². The maximum atomic E-state index is 13.0. The van der Waals surface area contributed by atoms with Gasteiger partial charge in [0.15, 0.2) is 0 Å². The Hall–Kier alpha value is -1.14. The molecule has 0 radical (unpaired) electrons. The number of ether oxygens (including phenoxy) is 1. The Labute approximate surface area is 150 Å². The Morgan fingerprint density at radius 1 is 1.24 bits per heavy atom. The summed E-state index contributed by atoms with van der Waals surface area (Å²) in [5.41, 5.74) is -0.899. The van der Waals surface area contributed by atoms with Gasteiger partial charge in [-0.3, -0.25) is 9.59 Å². The fourth-order valence-electron chi connectivity index (χ4n) is 4.81. The van der Waals surface area contributed by atoms with E-state index < -0.39 is 5.54 Å². The van der Waals surface area contributed by atoms with E-state index in [4.69, 9.17) is 4.74 Å². The van der Waals surface area contributed by atoms with Gasteiger partial charge in [0.1, 0.15) is 5.54 Å². The molecule has 3 saturated heterocycles. The molecule has 0 aromatic carbocycles. The van der Waals surface area contributed by atoms with Gasteiger partial charge >= 0.3 is 0 Å². The zero-order valence-corrected chi connectivity index (χ0v) is 15.4. The smallest absolute Gasteiger partial charge is 0.248 e. The average molecular weight is 349 g/mol. The molecule has 6 nitrogen and oxygen atoms in total. The van der Waals surface area contributed by atoms with Crippen LogP contribution in [-0.4, -0.2) is 72.1 Å². The van der Waals surface area contributed by atoms with Crippen LogP contribution in [0.25, 0.3) is 0 Å². The lowest BCUT2D eigenvalue weighted by molar-refractivity contribution is -0.164. The van der Waals surface area contributed by atoms with E-state index in [2.05, 4.69) is 10.2 Å². The van der Waals surface area contributed by atoms with Gasteiger partial charge < -0.3 is 19.9 Å². The number of hydrogen-bond donors (Lipinski definition) is 1. The third-order valence-corrected chi connectivity index (χ3v) is 6.78.